The first-order valence-corrected chi connectivity index (χ1v) is 11.3. The Balaban J connectivity index is 1.61. The van der Waals surface area contributed by atoms with Crippen molar-refractivity contribution in [2.45, 2.75) is 70.4 Å². The van der Waals surface area contributed by atoms with Crippen molar-refractivity contribution in [3.05, 3.63) is 23.8 Å². The third-order valence-corrected chi connectivity index (χ3v) is 5.80. The van der Waals surface area contributed by atoms with Gasteiger partial charge in [-0.25, -0.2) is 0 Å². The fourth-order valence-corrected chi connectivity index (χ4v) is 4.11. The Bertz CT molecular complexity index is 646. The quantitative estimate of drug-likeness (QED) is 0.553. The zero-order valence-corrected chi connectivity index (χ0v) is 17.7. The zero-order valence-electron chi connectivity index (χ0n) is 17.7. The lowest BCUT2D eigenvalue weighted by atomic mass is 10.0. The molecule has 0 radical (unpaired) electrons. The number of benzene rings is 1. The fraction of sp³-hybridized carbons (Fsp3) is 0.696. The SMILES string of the molecule is CCCCCCCC(=O)NC(CN1CCCC1)[C@H](O)c1ccc2c(c1)OCCO2. The molecular formula is C23H36N2O4. The van der Waals surface area contributed by atoms with E-state index in [1.54, 1.807) is 0 Å². The molecule has 1 amide bonds. The average molecular weight is 405 g/mol. The number of nitrogens with one attached hydrogen (secondary N) is 1. The van der Waals surface area contributed by atoms with Crippen molar-refractivity contribution in [3.63, 3.8) is 0 Å². The maximum absolute atomic E-state index is 12.5. The molecule has 2 atom stereocenters. The van der Waals surface area contributed by atoms with Gasteiger partial charge in [0, 0.05) is 13.0 Å². The zero-order chi connectivity index (χ0) is 20.5. The number of ether oxygens (including phenoxy) is 2. The molecule has 6 nitrogen and oxygen atoms in total. The number of likely N-dealkylation sites (tertiary alicyclic amines) is 1. The maximum Gasteiger partial charge on any atom is 0.220 e. The molecular weight excluding hydrogens is 368 g/mol. The van der Waals surface area contributed by atoms with Crippen molar-refractivity contribution in [1.82, 2.24) is 10.2 Å². The highest BCUT2D eigenvalue weighted by Gasteiger charge is 2.27. The van der Waals surface area contributed by atoms with Crippen LogP contribution in [0.3, 0.4) is 0 Å². The van der Waals surface area contributed by atoms with E-state index in [0.29, 0.717) is 37.7 Å². The molecule has 0 aliphatic carbocycles. The molecule has 0 bridgehead atoms. The van der Waals surface area contributed by atoms with Gasteiger partial charge in [0.15, 0.2) is 11.5 Å². The van der Waals surface area contributed by atoms with Crippen LogP contribution in [0, 0.1) is 0 Å². The third-order valence-electron chi connectivity index (χ3n) is 5.80. The highest BCUT2D eigenvalue weighted by Crippen LogP contribution is 2.33. The van der Waals surface area contributed by atoms with E-state index in [2.05, 4.69) is 17.1 Å². The van der Waals surface area contributed by atoms with Gasteiger partial charge in [0.1, 0.15) is 19.3 Å². The van der Waals surface area contributed by atoms with Crippen molar-refractivity contribution < 1.29 is 19.4 Å². The molecule has 2 aliphatic heterocycles. The van der Waals surface area contributed by atoms with Crippen molar-refractivity contribution in [3.8, 4) is 11.5 Å². The molecule has 0 saturated carbocycles. The molecule has 162 valence electrons. The predicted molar refractivity (Wildman–Crippen MR) is 113 cm³/mol. The van der Waals surface area contributed by atoms with E-state index in [0.717, 1.165) is 31.5 Å². The molecule has 3 rings (SSSR count). The van der Waals surface area contributed by atoms with Crippen LogP contribution in [0.15, 0.2) is 18.2 Å². The summed E-state index contributed by atoms with van der Waals surface area (Å²) < 4.78 is 11.2. The first kappa shape index (κ1) is 21.9. The van der Waals surface area contributed by atoms with Crippen LogP contribution < -0.4 is 14.8 Å². The number of fused-ring (bicyclic) bond motifs is 1. The van der Waals surface area contributed by atoms with Crippen LogP contribution in [0.5, 0.6) is 11.5 Å². The summed E-state index contributed by atoms with van der Waals surface area (Å²) in [4.78, 5) is 14.9. The summed E-state index contributed by atoms with van der Waals surface area (Å²) in [5.41, 5.74) is 0.752. The first-order valence-electron chi connectivity index (χ1n) is 11.3. The monoisotopic (exact) mass is 404 g/mol. The number of hydrogen-bond donors (Lipinski definition) is 2. The van der Waals surface area contributed by atoms with E-state index in [1.165, 1.54) is 32.1 Å². The molecule has 29 heavy (non-hydrogen) atoms. The standard InChI is InChI=1S/C23H36N2O4/c1-2-3-4-5-6-9-22(26)24-19(17-25-12-7-8-13-25)23(27)18-10-11-20-21(16-18)29-15-14-28-20/h10-11,16,19,23,27H,2-9,12-15,17H2,1H3,(H,24,26)/t19?,23-/m1/s1. The minimum absolute atomic E-state index is 0.0299. The number of aliphatic hydroxyl groups excluding tert-OH is 1. The van der Waals surface area contributed by atoms with Crippen molar-refractivity contribution in [2.24, 2.45) is 0 Å². The van der Waals surface area contributed by atoms with E-state index in [4.69, 9.17) is 9.47 Å². The Kier molecular flexibility index (Phi) is 8.62. The van der Waals surface area contributed by atoms with Gasteiger partial charge in [0.2, 0.25) is 5.91 Å². The van der Waals surface area contributed by atoms with Crippen LogP contribution >= 0.6 is 0 Å². The first-order chi connectivity index (χ1) is 14.2. The van der Waals surface area contributed by atoms with Crippen LogP contribution in [0.25, 0.3) is 0 Å². The molecule has 0 spiro atoms. The molecule has 1 saturated heterocycles. The maximum atomic E-state index is 12.5. The molecule has 2 aliphatic rings. The van der Waals surface area contributed by atoms with Gasteiger partial charge in [-0.2, -0.15) is 0 Å². The second-order valence-corrected chi connectivity index (χ2v) is 8.19. The topological polar surface area (TPSA) is 71.0 Å². The van der Waals surface area contributed by atoms with Gasteiger partial charge in [-0.15, -0.1) is 0 Å². The van der Waals surface area contributed by atoms with Crippen LogP contribution in [-0.4, -0.2) is 54.8 Å². The summed E-state index contributed by atoms with van der Waals surface area (Å²) in [5.74, 6) is 1.40. The summed E-state index contributed by atoms with van der Waals surface area (Å²) in [6.07, 6.45) is 7.69. The van der Waals surface area contributed by atoms with Gasteiger partial charge in [0.05, 0.1) is 6.04 Å². The van der Waals surface area contributed by atoms with Crippen molar-refractivity contribution in [2.75, 3.05) is 32.8 Å². The summed E-state index contributed by atoms with van der Waals surface area (Å²) in [6.45, 7) is 5.96. The summed E-state index contributed by atoms with van der Waals surface area (Å²) in [6, 6.07) is 5.22. The van der Waals surface area contributed by atoms with Gasteiger partial charge in [-0.05, 0) is 50.0 Å². The molecule has 2 heterocycles. The van der Waals surface area contributed by atoms with Gasteiger partial charge >= 0.3 is 0 Å². The predicted octanol–water partition coefficient (Wildman–Crippen LogP) is 3.43. The van der Waals surface area contributed by atoms with E-state index in [9.17, 15) is 9.90 Å². The largest absolute Gasteiger partial charge is 0.486 e. The van der Waals surface area contributed by atoms with E-state index in [-0.39, 0.29) is 11.9 Å². The lowest BCUT2D eigenvalue weighted by molar-refractivity contribution is -0.123. The Morgan fingerprint density at radius 1 is 1.10 bits per heavy atom. The lowest BCUT2D eigenvalue weighted by Gasteiger charge is -2.29. The minimum Gasteiger partial charge on any atom is -0.486 e. The second kappa shape index (κ2) is 11.4. The number of carbonyl (C=O) groups is 1. The highest BCUT2D eigenvalue weighted by molar-refractivity contribution is 5.76. The Morgan fingerprint density at radius 2 is 1.83 bits per heavy atom. The van der Waals surface area contributed by atoms with Gasteiger partial charge in [-0.1, -0.05) is 38.7 Å². The van der Waals surface area contributed by atoms with Crippen molar-refractivity contribution in [1.29, 1.82) is 0 Å². The third kappa shape index (κ3) is 6.61. The summed E-state index contributed by atoms with van der Waals surface area (Å²) in [7, 11) is 0. The average Bonchev–Trinajstić information content (AvgIpc) is 3.25. The van der Waals surface area contributed by atoms with E-state index >= 15 is 0 Å². The van der Waals surface area contributed by atoms with Crippen LogP contribution in [0.2, 0.25) is 0 Å². The Labute approximate surface area is 174 Å². The number of rotatable bonds is 11. The fourth-order valence-electron chi connectivity index (χ4n) is 4.11. The second-order valence-electron chi connectivity index (χ2n) is 8.19. The number of carbonyl (C=O) groups excluding carboxylic acids is 1. The molecule has 1 unspecified atom stereocenters. The molecule has 0 aromatic heterocycles. The molecule has 2 N–H and O–H groups in total. The van der Waals surface area contributed by atoms with E-state index < -0.39 is 6.10 Å². The Hall–Kier alpha value is -1.79. The molecule has 1 fully saturated rings. The van der Waals surface area contributed by atoms with Crippen LogP contribution in [0.1, 0.15) is 70.0 Å². The number of nitrogens with zero attached hydrogens (tertiary/aromatic N) is 1. The Morgan fingerprint density at radius 3 is 2.59 bits per heavy atom. The number of amides is 1. The molecule has 6 heteroatoms. The number of unbranched alkanes of at least 4 members (excludes halogenated alkanes) is 4. The van der Waals surface area contributed by atoms with Crippen molar-refractivity contribution >= 4 is 5.91 Å². The van der Waals surface area contributed by atoms with Crippen LogP contribution in [0.4, 0.5) is 0 Å². The smallest absolute Gasteiger partial charge is 0.220 e. The van der Waals surface area contributed by atoms with E-state index in [1.807, 2.05) is 18.2 Å². The number of hydrogen-bond acceptors (Lipinski definition) is 5. The van der Waals surface area contributed by atoms with Gasteiger partial charge in [0.25, 0.3) is 0 Å². The molecule has 1 aromatic rings. The summed E-state index contributed by atoms with van der Waals surface area (Å²) >= 11 is 0. The van der Waals surface area contributed by atoms with Gasteiger partial charge < -0.3 is 24.8 Å². The van der Waals surface area contributed by atoms with Gasteiger partial charge in [-0.3, -0.25) is 4.79 Å². The normalized spacial score (nSPS) is 18.4. The lowest BCUT2D eigenvalue weighted by Crippen LogP contribution is -2.46. The number of aliphatic hydroxyl groups is 1. The highest BCUT2D eigenvalue weighted by atomic mass is 16.6. The molecule has 1 aromatic carbocycles. The summed E-state index contributed by atoms with van der Waals surface area (Å²) in [5, 5.41) is 14.2. The van der Waals surface area contributed by atoms with Crippen LogP contribution in [-0.2, 0) is 4.79 Å². The minimum atomic E-state index is -0.782.